The van der Waals surface area contributed by atoms with Gasteiger partial charge in [-0.05, 0) is 39.7 Å². The van der Waals surface area contributed by atoms with Crippen molar-refractivity contribution in [3.63, 3.8) is 0 Å². The largest absolute Gasteiger partial charge is 0.406 e. The van der Waals surface area contributed by atoms with E-state index in [2.05, 4.69) is 5.32 Å². The Hall–Kier alpha value is -0.290. The van der Waals surface area contributed by atoms with Gasteiger partial charge >= 0.3 is 6.18 Å². The van der Waals surface area contributed by atoms with Gasteiger partial charge in [-0.2, -0.15) is 13.2 Å². The van der Waals surface area contributed by atoms with Crippen molar-refractivity contribution in [3.05, 3.63) is 0 Å². The fraction of sp³-hybridized carbons (Fsp3) is 1.00. The van der Waals surface area contributed by atoms with Crippen molar-refractivity contribution in [2.75, 3.05) is 7.05 Å². The molecule has 0 aromatic carbocycles. The van der Waals surface area contributed by atoms with E-state index in [0.717, 1.165) is 12.8 Å². The van der Waals surface area contributed by atoms with Crippen molar-refractivity contribution in [2.24, 2.45) is 0 Å². The quantitative estimate of drug-likeness (QED) is 0.740. The predicted molar refractivity (Wildman–Crippen MR) is 58.3 cm³/mol. The predicted octanol–water partition coefficient (Wildman–Crippen LogP) is 2.86. The summed E-state index contributed by atoms with van der Waals surface area (Å²) in [6.45, 7) is 5.85. The van der Waals surface area contributed by atoms with E-state index < -0.39 is 11.7 Å². The Bertz CT molecular complexity index is 204. The first-order valence-corrected chi connectivity index (χ1v) is 5.70. The van der Waals surface area contributed by atoms with Crippen LogP contribution in [0.3, 0.4) is 0 Å². The lowest BCUT2D eigenvalue weighted by molar-refractivity contribution is -0.164. The molecule has 0 amide bonds. The Morgan fingerprint density at radius 2 is 1.38 bits per heavy atom. The van der Waals surface area contributed by atoms with Gasteiger partial charge in [0.1, 0.15) is 5.54 Å². The Morgan fingerprint density at radius 1 is 1.06 bits per heavy atom. The van der Waals surface area contributed by atoms with Crippen LogP contribution >= 0.6 is 0 Å². The number of halogens is 3. The maximum atomic E-state index is 11.8. The average Bonchev–Trinajstić information content (AvgIpc) is 3.06. The molecule has 0 unspecified atom stereocenters. The number of hydrogen-bond donors (Lipinski definition) is 2. The van der Waals surface area contributed by atoms with Crippen LogP contribution in [0.1, 0.15) is 46.5 Å². The van der Waals surface area contributed by atoms with Crippen molar-refractivity contribution in [1.29, 1.82) is 0 Å². The summed E-state index contributed by atoms with van der Waals surface area (Å²) in [6.07, 6.45) is -1.58. The topological polar surface area (TPSA) is 32.3 Å². The zero-order valence-corrected chi connectivity index (χ0v) is 10.4. The van der Waals surface area contributed by atoms with Gasteiger partial charge < -0.3 is 10.4 Å². The number of alkyl halides is 3. The van der Waals surface area contributed by atoms with Gasteiger partial charge in [0.2, 0.25) is 0 Å². The third-order valence-electron chi connectivity index (χ3n) is 2.74. The number of aliphatic hydroxyl groups is 1. The molecule has 2 nitrogen and oxygen atoms in total. The Balaban J connectivity index is 0.000000272. The molecule has 2 aliphatic carbocycles. The summed E-state index contributed by atoms with van der Waals surface area (Å²) in [5.41, 5.74) is -1.77. The minimum atomic E-state index is -4.05. The first-order chi connectivity index (χ1) is 7.22. The van der Waals surface area contributed by atoms with Crippen molar-refractivity contribution < 1.29 is 18.3 Å². The third-order valence-corrected chi connectivity index (χ3v) is 2.74. The molecule has 2 N–H and O–H groups in total. The van der Waals surface area contributed by atoms with Crippen molar-refractivity contribution >= 4 is 0 Å². The standard InChI is InChI=1S/C5H8F3N.C4H8O.C2H6/c1-9-4(2-3-4)5(6,7)8;1-4(5)2-3-4;1-2/h9H,2-3H2,1H3;5H,2-3H2,1H3;1-2H3. The molecule has 0 aromatic rings. The lowest BCUT2D eigenvalue weighted by atomic mass is 10.3. The van der Waals surface area contributed by atoms with E-state index in [1.165, 1.54) is 7.05 Å². The summed E-state index contributed by atoms with van der Waals surface area (Å²) in [7, 11) is 1.35. The molecular formula is C11H22F3NO. The fourth-order valence-corrected chi connectivity index (χ4v) is 0.981. The molecule has 5 heteroatoms. The smallest absolute Gasteiger partial charge is 0.390 e. The molecule has 2 rings (SSSR count). The van der Waals surface area contributed by atoms with Gasteiger partial charge in [-0.15, -0.1) is 0 Å². The lowest BCUT2D eigenvalue weighted by Gasteiger charge is -2.17. The average molecular weight is 241 g/mol. The SMILES string of the molecule is CC.CC1(O)CC1.CNC1(C(F)(F)F)CC1. The van der Waals surface area contributed by atoms with Crippen molar-refractivity contribution in [1.82, 2.24) is 5.32 Å². The van der Waals surface area contributed by atoms with Crippen LogP contribution in [0.5, 0.6) is 0 Å². The molecule has 0 heterocycles. The van der Waals surface area contributed by atoms with E-state index >= 15 is 0 Å². The second-order valence-electron chi connectivity index (χ2n) is 4.33. The van der Waals surface area contributed by atoms with Crippen LogP contribution in [0.25, 0.3) is 0 Å². The maximum Gasteiger partial charge on any atom is 0.406 e. The maximum absolute atomic E-state index is 11.8. The van der Waals surface area contributed by atoms with Gasteiger partial charge in [0.15, 0.2) is 0 Å². The molecule has 0 atom stereocenters. The van der Waals surface area contributed by atoms with Crippen LogP contribution in [0.2, 0.25) is 0 Å². The summed E-state index contributed by atoms with van der Waals surface area (Å²) in [5, 5.41) is 10.9. The van der Waals surface area contributed by atoms with Gasteiger partial charge in [-0.25, -0.2) is 0 Å². The second-order valence-corrected chi connectivity index (χ2v) is 4.33. The zero-order valence-electron chi connectivity index (χ0n) is 10.4. The van der Waals surface area contributed by atoms with Gasteiger partial charge in [0.05, 0.1) is 5.60 Å². The molecule has 0 radical (unpaired) electrons. The van der Waals surface area contributed by atoms with Crippen LogP contribution < -0.4 is 5.32 Å². The highest BCUT2D eigenvalue weighted by Gasteiger charge is 2.62. The molecule has 0 aromatic heterocycles. The number of rotatable bonds is 1. The van der Waals surface area contributed by atoms with Gasteiger partial charge in [0, 0.05) is 0 Å². The zero-order chi connectivity index (χ0) is 13.0. The van der Waals surface area contributed by atoms with E-state index in [1.807, 2.05) is 20.8 Å². The molecule has 16 heavy (non-hydrogen) atoms. The molecular weight excluding hydrogens is 219 g/mol. The van der Waals surface area contributed by atoms with Gasteiger partial charge in [-0.1, -0.05) is 13.8 Å². The summed E-state index contributed by atoms with van der Waals surface area (Å²) in [5.74, 6) is 0. The minimum Gasteiger partial charge on any atom is -0.390 e. The second kappa shape index (κ2) is 5.36. The highest BCUT2D eigenvalue weighted by molar-refractivity contribution is 5.06. The fourth-order valence-electron chi connectivity index (χ4n) is 0.981. The van der Waals surface area contributed by atoms with E-state index in [9.17, 15) is 13.2 Å². The Labute approximate surface area is 95.2 Å². The summed E-state index contributed by atoms with van der Waals surface area (Å²) >= 11 is 0. The van der Waals surface area contributed by atoms with Crippen LogP contribution in [-0.2, 0) is 0 Å². The third kappa shape index (κ3) is 4.70. The van der Waals surface area contributed by atoms with E-state index in [4.69, 9.17) is 5.11 Å². The monoisotopic (exact) mass is 241 g/mol. The molecule has 2 saturated carbocycles. The summed E-state index contributed by atoms with van der Waals surface area (Å²) in [6, 6.07) is 0. The van der Waals surface area contributed by atoms with Gasteiger partial charge in [-0.3, -0.25) is 0 Å². The summed E-state index contributed by atoms with van der Waals surface area (Å²) < 4.78 is 35.5. The van der Waals surface area contributed by atoms with Crippen LogP contribution in [0.4, 0.5) is 13.2 Å². The number of hydrogen-bond acceptors (Lipinski definition) is 2. The summed E-state index contributed by atoms with van der Waals surface area (Å²) in [4.78, 5) is 0. The van der Waals surface area contributed by atoms with E-state index in [-0.39, 0.29) is 18.4 Å². The lowest BCUT2D eigenvalue weighted by Crippen LogP contribution is -2.42. The molecule has 0 bridgehead atoms. The highest BCUT2D eigenvalue weighted by atomic mass is 19.4. The Morgan fingerprint density at radius 3 is 1.38 bits per heavy atom. The highest BCUT2D eigenvalue weighted by Crippen LogP contribution is 2.48. The molecule has 0 aliphatic heterocycles. The first-order valence-electron chi connectivity index (χ1n) is 5.70. The molecule has 2 aliphatic rings. The van der Waals surface area contributed by atoms with Crippen LogP contribution in [0.15, 0.2) is 0 Å². The van der Waals surface area contributed by atoms with Gasteiger partial charge in [0.25, 0.3) is 0 Å². The molecule has 98 valence electrons. The molecule has 2 fully saturated rings. The minimum absolute atomic E-state index is 0.229. The molecule has 0 saturated heterocycles. The Kier molecular flexibility index (Phi) is 5.26. The normalized spacial score (nSPS) is 23.2. The van der Waals surface area contributed by atoms with E-state index in [0.29, 0.717) is 0 Å². The number of nitrogens with one attached hydrogen (secondary N) is 1. The van der Waals surface area contributed by atoms with Crippen LogP contribution in [0, 0.1) is 0 Å². The molecule has 0 spiro atoms. The van der Waals surface area contributed by atoms with Crippen molar-refractivity contribution in [2.45, 2.75) is 63.8 Å². The van der Waals surface area contributed by atoms with Crippen LogP contribution in [-0.4, -0.2) is 29.5 Å². The van der Waals surface area contributed by atoms with E-state index in [1.54, 1.807) is 0 Å². The van der Waals surface area contributed by atoms with Crippen molar-refractivity contribution in [3.8, 4) is 0 Å². The first kappa shape index (κ1) is 15.7.